The van der Waals surface area contributed by atoms with Gasteiger partial charge in [-0.1, -0.05) is 15.9 Å². The van der Waals surface area contributed by atoms with Crippen molar-refractivity contribution in [3.8, 4) is 11.5 Å². The van der Waals surface area contributed by atoms with Crippen molar-refractivity contribution in [1.29, 1.82) is 0 Å². The average molecular weight is 432 g/mol. The molecule has 0 aliphatic heterocycles. The van der Waals surface area contributed by atoms with Gasteiger partial charge < -0.3 is 14.8 Å². The number of halogens is 4. The van der Waals surface area contributed by atoms with Gasteiger partial charge in [-0.2, -0.15) is 0 Å². The van der Waals surface area contributed by atoms with E-state index in [-0.39, 0.29) is 23.8 Å². The second-order valence-corrected chi connectivity index (χ2v) is 6.02. The maximum Gasteiger partial charge on any atom is 0.573 e. The first-order valence-corrected chi connectivity index (χ1v) is 8.02. The van der Waals surface area contributed by atoms with Crippen LogP contribution in [0.15, 0.2) is 46.9 Å². The third-order valence-corrected chi connectivity index (χ3v) is 3.54. The van der Waals surface area contributed by atoms with E-state index in [4.69, 9.17) is 4.74 Å². The van der Waals surface area contributed by atoms with Gasteiger partial charge >= 0.3 is 6.36 Å². The Morgan fingerprint density at radius 2 is 1.77 bits per heavy atom. The van der Waals surface area contributed by atoms with Gasteiger partial charge in [0.1, 0.15) is 11.5 Å². The zero-order valence-corrected chi connectivity index (χ0v) is 15.0. The number of ketones is 1. The molecule has 2 aromatic rings. The lowest BCUT2D eigenvalue weighted by Gasteiger charge is -2.11. The number of anilines is 1. The predicted octanol–water partition coefficient (Wildman–Crippen LogP) is 4.57. The van der Waals surface area contributed by atoms with Crippen molar-refractivity contribution in [3.63, 3.8) is 0 Å². The Hall–Kier alpha value is -2.55. The Kier molecular flexibility index (Phi) is 6.25. The number of hydrogen-bond donors (Lipinski definition) is 1. The van der Waals surface area contributed by atoms with Crippen molar-refractivity contribution in [1.82, 2.24) is 0 Å². The molecule has 2 aromatic carbocycles. The van der Waals surface area contributed by atoms with Gasteiger partial charge in [-0.05, 0) is 49.4 Å². The highest BCUT2D eigenvalue weighted by Gasteiger charge is 2.30. The molecule has 1 N–H and O–H groups in total. The highest BCUT2D eigenvalue weighted by molar-refractivity contribution is 9.10. The molecule has 0 aromatic heterocycles. The normalized spacial score (nSPS) is 11.0. The second kappa shape index (κ2) is 8.22. The van der Waals surface area contributed by atoms with Crippen molar-refractivity contribution >= 4 is 33.3 Å². The van der Waals surface area contributed by atoms with Crippen molar-refractivity contribution in [2.24, 2.45) is 0 Å². The zero-order valence-electron chi connectivity index (χ0n) is 13.4. The number of rotatable bonds is 6. The summed E-state index contributed by atoms with van der Waals surface area (Å²) in [6.45, 7) is 1.00. The van der Waals surface area contributed by atoms with Crippen molar-refractivity contribution in [2.75, 3.05) is 11.9 Å². The van der Waals surface area contributed by atoms with Crippen LogP contribution in [0.1, 0.15) is 17.3 Å². The number of amides is 1. The molecule has 0 aliphatic carbocycles. The van der Waals surface area contributed by atoms with Gasteiger partial charge in [0, 0.05) is 10.2 Å². The lowest BCUT2D eigenvalue weighted by atomic mass is 10.1. The minimum atomic E-state index is -4.78. The van der Waals surface area contributed by atoms with Crippen molar-refractivity contribution < 1.29 is 32.2 Å². The van der Waals surface area contributed by atoms with Crippen molar-refractivity contribution in [3.05, 3.63) is 52.5 Å². The van der Waals surface area contributed by atoms with E-state index >= 15 is 0 Å². The molecule has 9 heteroatoms. The molecule has 0 fully saturated rings. The third kappa shape index (κ3) is 6.07. The molecule has 5 nitrogen and oxygen atoms in total. The van der Waals surface area contributed by atoms with E-state index in [9.17, 15) is 22.8 Å². The van der Waals surface area contributed by atoms with Crippen LogP contribution < -0.4 is 14.8 Å². The summed E-state index contributed by atoms with van der Waals surface area (Å²) in [5.41, 5.74) is 0.594. The standard InChI is InChI=1S/C17H13BrF3NO4/c1-10(23)14-8-11(18)2-7-15(14)25-9-16(24)22-12-3-5-13(6-4-12)26-17(19,20)21/h2-8H,9H2,1H3,(H,22,24). The molecule has 0 unspecified atom stereocenters. The summed E-state index contributed by atoms with van der Waals surface area (Å²) in [6.07, 6.45) is -4.78. The second-order valence-electron chi connectivity index (χ2n) is 5.11. The lowest BCUT2D eigenvalue weighted by Crippen LogP contribution is -2.21. The van der Waals surface area contributed by atoms with Gasteiger partial charge in [0.05, 0.1) is 5.56 Å². The quantitative estimate of drug-likeness (QED) is 0.680. The van der Waals surface area contributed by atoms with Gasteiger partial charge in [0.15, 0.2) is 12.4 Å². The topological polar surface area (TPSA) is 64.6 Å². The molecule has 138 valence electrons. The van der Waals surface area contributed by atoms with Crippen LogP contribution >= 0.6 is 15.9 Å². The number of carbonyl (C=O) groups is 2. The van der Waals surface area contributed by atoms with E-state index in [1.54, 1.807) is 18.2 Å². The molecule has 26 heavy (non-hydrogen) atoms. The van der Waals surface area contributed by atoms with Crippen LogP contribution in [-0.4, -0.2) is 24.7 Å². The van der Waals surface area contributed by atoms with Crippen molar-refractivity contribution in [2.45, 2.75) is 13.3 Å². The number of carbonyl (C=O) groups excluding carboxylic acids is 2. The van der Waals surface area contributed by atoms with Crippen LogP contribution in [0.3, 0.4) is 0 Å². The largest absolute Gasteiger partial charge is 0.573 e. The molecule has 0 atom stereocenters. The number of ether oxygens (including phenoxy) is 2. The predicted molar refractivity (Wildman–Crippen MR) is 91.4 cm³/mol. The minimum Gasteiger partial charge on any atom is -0.483 e. The Morgan fingerprint density at radius 1 is 1.12 bits per heavy atom. The maximum atomic E-state index is 12.1. The van der Waals surface area contributed by atoms with E-state index in [0.717, 1.165) is 12.1 Å². The van der Waals surface area contributed by atoms with Gasteiger partial charge in [-0.3, -0.25) is 9.59 Å². The van der Waals surface area contributed by atoms with Gasteiger partial charge in [0.2, 0.25) is 0 Å². The molecule has 0 bridgehead atoms. The van der Waals surface area contributed by atoms with E-state index in [1.165, 1.54) is 19.1 Å². The third-order valence-electron chi connectivity index (χ3n) is 3.05. The van der Waals surface area contributed by atoms with Gasteiger partial charge in [-0.15, -0.1) is 13.2 Å². The van der Waals surface area contributed by atoms with E-state index < -0.39 is 18.0 Å². The highest BCUT2D eigenvalue weighted by Crippen LogP contribution is 2.25. The molecular weight excluding hydrogens is 419 g/mol. The van der Waals surface area contributed by atoms with E-state index in [2.05, 4.69) is 26.0 Å². The highest BCUT2D eigenvalue weighted by atomic mass is 79.9. The van der Waals surface area contributed by atoms with Gasteiger partial charge in [-0.25, -0.2) is 0 Å². The Labute approximate surface area is 155 Å². The Bertz CT molecular complexity index is 807. The first-order chi connectivity index (χ1) is 12.1. The molecule has 0 saturated carbocycles. The SMILES string of the molecule is CC(=O)c1cc(Br)ccc1OCC(=O)Nc1ccc(OC(F)(F)F)cc1. The van der Waals surface area contributed by atoms with E-state index in [0.29, 0.717) is 10.0 Å². The summed E-state index contributed by atoms with van der Waals surface area (Å²) in [4.78, 5) is 23.5. The zero-order chi connectivity index (χ0) is 19.3. The monoisotopic (exact) mass is 431 g/mol. The summed E-state index contributed by atoms with van der Waals surface area (Å²) in [5.74, 6) is -0.897. The summed E-state index contributed by atoms with van der Waals surface area (Å²) in [5, 5.41) is 2.47. The number of nitrogens with one attached hydrogen (secondary N) is 1. The number of Topliss-reactive ketones (excluding diaryl/α,β-unsaturated/α-hetero) is 1. The smallest absolute Gasteiger partial charge is 0.483 e. The summed E-state index contributed by atoms with van der Waals surface area (Å²) >= 11 is 3.25. The molecule has 0 aliphatic rings. The lowest BCUT2D eigenvalue weighted by molar-refractivity contribution is -0.274. The number of hydrogen-bond acceptors (Lipinski definition) is 4. The van der Waals surface area contributed by atoms with E-state index in [1.807, 2.05) is 0 Å². The van der Waals surface area contributed by atoms with Crippen LogP contribution in [0, 0.1) is 0 Å². The average Bonchev–Trinajstić information content (AvgIpc) is 2.54. The number of benzene rings is 2. The fourth-order valence-electron chi connectivity index (χ4n) is 1.98. The fraction of sp³-hybridized carbons (Fsp3) is 0.176. The molecular formula is C17H13BrF3NO4. The Morgan fingerprint density at radius 3 is 2.35 bits per heavy atom. The van der Waals surface area contributed by atoms with Gasteiger partial charge in [0.25, 0.3) is 5.91 Å². The first kappa shape index (κ1) is 19.8. The molecule has 2 rings (SSSR count). The molecule has 0 heterocycles. The maximum absolute atomic E-state index is 12.1. The van der Waals surface area contributed by atoms with Crippen LogP contribution in [0.4, 0.5) is 18.9 Å². The van der Waals surface area contributed by atoms with Crippen LogP contribution in [0.2, 0.25) is 0 Å². The molecule has 0 spiro atoms. The van der Waals surface area contributed by atoms with Crippen LogP contribution in [0.25, 0.3) is 0 Å². The number of alkyl halides is 3. The summed E-state index contributed by atoms with van der Waals surface area (Å²) < 4.78 is 46.1. The first-order valence-electron chi connectivity index (χ1n) is 7.23. The molecule has 0 saturated heterocycles. The van der Waals surface area contributed by atoms with Crippen LogP contribution in [-0.2, 0) is 4.79 Å². The fourth-order valence-corrected chi connectivity index (χ4v) is 2.34. The molecule has 0 radical (unpaired) electrons. The Balaban J connectivity index is 1.94. The molecule has 1 amide bonds. The summed E-state index contributed by atoms with van der Waals surface area (Å²) in [7, 11) is 0. The van der Waals surface area contributed by atoms with Crippen LogP contribution in [0.5, 0.6) is 11.5 Å². The minimum absolute atomic E-state index is 0.220. The summed E-state index contributed by atoms with van der Waals surface area (Å²) in [6, 6.07) is 9.48.